The summed E-state index contributed by atoms with van der Waals surface area (Å²) < 4.78 is 5.47. The predicted molar refractivity (Wildman–Crippen MR) is 87.8 cm³/mol. The number of amides is 1. The Morgan fingerprint density at radius 3 is 2.30 bits per heavy atom. The Kier molecular flexibility index (Phi) is 4.07. The smallest absolute Gasteiger partial charge is 0.257 e. The average molecular weight is 314 g/mol. The van der Waals surface area contributed by atoms with Gasteiger partial charge in [0.25, 0.3) is 5.91 Å². The standard InChI is InChI=1S/C17H22N4O2/c1-11-9-16(19-14(4)18-11)20-5-7-21(8-6-20)17(22)15-10-12(2)23-13(15)3/h9-10H,5-8H2,1-4H3. The molecule has 2 aromatic rings. The summed E-state index contributed by atoms with van der Waals surface area (Å²) in [5, 5.41) is 0. The number of hydrogen-bond donors (Lipinski definition) is 0. The molecule has 2 aromatic heterocycles. The lowest BCUT2D eigenvalue weighted by Crippen LogP contribution is -2.49. The second-order valence-corrected chi connectivity index (χ2v) is 6.02. The predicted octanol–water partition coefficient (Wildman–Crippen LogP) is 2.27. The van der Waals surface area contributed by atoms with Crippen LogP contribution >= 0.6 is 0 Å². The fourth-order valence-corrected chi connectivity index (χ4v) is 3.01. The van der Waals surface area contributed by atoms with Gasteiger partial charge in [0.1, 0.15) is 23.2 Å². The quantitative estimate of drug-likeness (QED) is 0.851. The van der Waals surface area contributed by atoms with Crippen LogP contribution in [0.25, 0.3) is 0 Å². The highest BCUT2D eigenvalue weighted by Crippen LogP contribution is 2.19. The summed E-state index contributed by atoms with van der Waals surface area (Å²) in [4.78, 5) is 25.5. The van der Waals surface area contributed by atoms with Crippen molar-refractivity contribution in [3.8, 4) is 0 Å². The highest BCUT2D eigenvalue weighted by molar-refractivity contribution is 5.95. The minimum absolute atomic E-state index is 0.0500. The van der Waals surface area contributed by atoms with E-state index in [2.05, 4.69) is 14.9 Å². The third kappa shape index (κ3) is 3.21. The molecule has 0 N–H and O–H groups in total. The molecule has 122 valence electrons. The van der Waals surface area contributed by atoms with Crippen molar-refractivity contribution in [2.45, 2.75) is 27.7 Å². The van der Waals surface area contributed by atoms with Crippen LogP contribution in [-0.2, 0) is 0 Å². The lowest BCUT2D eigenvalue weighted by molar-refractivity contribution is 0.0744. The molecule has 1 amide bonds. The van der Waals surface area contributed by atoms with Gasteiger partial charge in [-0.15, -0.1) is 0 Å². The Morgan fingerprint density at radius 1 is 1.04 bits per heavy atom. The van der Waals surface area contributed by atoms with E-state index >= 15 is 0 Å². The number of nitrogens with zero attached hydrogens (tertiary/aromatic N) is 4. The summed E-state index contributed by atoms with van der Waals surface area (Å²) in [5.74, 6) is 3.24. The summed E-state index contributed by atoms with van der Waals surface area (Å²) in [5.41, 5.74) is 1.64. The van der Waals surface area contributed by atoms with Gasteiger partial charge in [-0.25, -0.2) is 9.97 Å². The van der Waals surface area contributed by atoms with Crippen molar-refractivity contribution in [3.05, 3.63) is 40.7 Å². The summed E-state index contributed by atoms with van der Waals surface area (Å²) in [6.45, 7) is 10.5. The lowest BCUT2D eigenvalue weighted by Gasteiger charge is -2.35. The van der Waals surface area contributed by atoms with Crippen LogP contribution in [0.15, 0.2) is 16.5 Å². The Hall–Kier alpha value is -2.37. The molecule has 1 fully saturated rings. The Bertz CT molecular complexity index is 710. The molecule has 0 spiro atoms. The van der Waals surface area contributed by atoms with Gasteiger partial charge in [0, 0.05) is 37.9 Å². The first-order chi connectivity index (χ1) is 10.9. The maximum atomic E-state index is 12.6. The first kappa shape index (κ1) is 15.5. The van der Waals surface area contributed by atoms with Crippen LogP contribution in [0.2, 0.25) is 0 Å². The molecule has 0 atom stereocenters. The van der Waals surface area contributed by atoms with E-state index in [9.17, 15) is 4.79 Å². The molecule has 6 nitrogen and oxygen atoms in total. The van der Waals surface area contributed by atoms with E-state index in [0.29, 0.717) is 24.4 Å². The number of carbonyl (C=O) groups excluding carboxylic acids is 1. The highest BCUT2D eigenvalue weighted by Gasteiger charge is 2.25. The molecule has 1 saturated heterocycles. The molecular formula is C17H22N4O2. The van der Waals surface area contributed by atoms with Crippen molar-refractivity contribution < 1.29 is 9.21 Å². The van der Waals surface area contributed by atoms with Gasteiger partial charge in [-0.1, -0.05) is 0 Å². The molecule has 1 aliphatic heterocycles. The van der Waals surface area contributed by atoms with E-state index in [4.69, 9.17) is 4.42 Å². The number of furan rings is 1. The number of carbonyl (C=O) groups is 1. The maximum absolute atomic E-state index is 12.6. The van der Waals surface area contributed by atoms with Crippen molar-refractivity contribution >= 4 is 11.7 Å². The van der Waals surface area contributed by atoms with Gasteiger partial charge in [0.2, 0.25) is 0 Å². The molecule has 3 heterocycles. The van der Waals surface area contributed by atoms with Gasteiger partial charge >= 0.3 is 0 Å². The summed E-state index contributed by atoms with van der Waals surface area (Å²) >= 11 is 0. The van der Waals surface area contributed by atoms with Crippen LogP contribution in [0, 0.1) is 27.7 Å². The van der Waals surface area contributed by atoms with Crippen LogP contribution in [0.1, 0.15) is 33.4 Å². The van der Waals surface area contributed by atoms with E-state index in [1.165, 1.54) is 0 Å². The van der Waals surface area contributed by atoms with Crippen LogP contribution in [-0.4, -0.2) is 47.0 Å². The van der Waals surface area contributed by atoms with Gasteiger partial charge < -0.3 is 14.2 Å². The number of anilines is 1. The van der Waals surface area contributed by atoms with Crippen LogP contribution in [0.3, 0.4) is 0 Å². The SMILES string of the molecule is Cc1cc(N2CCN(C(=O)c3cc(C)oc3C)CC2)nc(C)n1. The average Bonchev–Trinajstić information content (AvgIpc) is 2.84. The second kappa shape index (κ2) is 6.02. The second-order valence-electron chi connectivity index (χ2n) is 6.02. The van der Waals surface area contributed by atoms with E-state index in [-0.39, 0.29) is 5.91 Å². The monoisotopic (exact) mass is 314 g/mol. The van der Waals surface area contributed by atoms with Gasteiger partial charge in [0.05, 0.1) is 5.56 Å². The van der Waals surface area contributed by atoms with Crippen molar-refractivity contribution in [2.75, 3.05) is 31.1 Å². The zero-order valence-electron chi connectivity index (χ0n) is 14.1. The lowest BCUT2D eigenvalue weighted by atomic mass is 10.2. The fourth-order valence-electron chi connectivity index (χ4n) is 3.01. The van der Waals surface area contributed by atoms with Gasteiger partial charge in [0.15, 0.2) is 0 Å². The number of piperazine rings is 1. The van der Waals surface area contributed by atoms with Gasteiger partial charge in [-0.2, -0.15) is 0 Å². The van der Waals surface area contributed by atoms with Crippen LogP contribution in [0.5, 0.6) is 0 Å². The van der Waals surface area contributed by atoms with Crippen molar-refractivity contribution in [1.29, 1.82) is 0 Å². The van der Waals surface area contributed by atoms with Crippen molar-refractivity contribution in [3.63, 3.8) is 0 Å². The van der Waals surface area contributed by atoms with E-state index in [1.807, 2.05) is 44.7 Å². The van der Waals surface area contributed by atoms with Crippen molar-refractivity contribution in [2.24, 2.45) is 0 Å². The molecule has 3 rings (SSSR count). The largest absolute Gasteiger partial charge is 0.466 e. The molecule has 0 saturated carbocycles. The fraction of sp³-hybridized carbons (Fsp3) is 0.471. The topological polar surface area (TPSA) is 62.5 Å². The Morgan fingerprint density at radius 2 is 1.74 bits per heavy atom. The zero-order chi connectivity index (χ0) is 16.6. The van der Waals surface area contributed by atoms with E-state index in [1.54, 1.807) is 0 Å². The van der Waals surface area contributed by atoms with Crippen LogP contribution < -0.4 is 4.90 Å². The summed E-state index contributed by atoms with van der Waals surface area (Å²) in [7, 11) is 0. The number of aromatic nitrogens is 2. The molecule has 6 heteroatoms. The first-order valence-corrected chi connectivity index (χ1v) is 7.87. The minimum Gasteiger partial charge on any atom is -0.466 e. The molecule has 0 aliphatic carbocycles. The number of rotatable bonds is 2. The molecule has 0 unspecified atom stereocenters. The first-order valence-electron chi connectivity index (χ1n) is 7.87. The molecule has 0 radical (unpaired) electrons. The molecule has 23 heavy (non-hydrogen) atoms. The van der Waals surface area contributed by atoms with E-state index in [0.717, 1.165) is 36.2 Å². The maximum Gasteiger partial charge on any atom is 0.257 e. The highest BCUT2D eigenvalue weighted by atomic mass is 16.3. The third-order valence-corrected chi connectivity index (χ3v) is 4.11. The van der Waals surface area contributed by atoms with E-state index < -0.39 is 0 Å². The molecule has 0 bridgehead atoms. The minimum atomic E-state index is 0.0500. The summed E-state index contributed by atoms with van der Waals surface area (Å²) in [6, 6.07) is 3.81. The molecule has 0 aromatic carbocycles. The normalized spacial score (nSPS) is 15.1. The Labute approximate surface area is 136 Å². The van der Waals surface area contributed by atoms with Crippen LogP contribution in [0.4, 0.5) is 5.82 Å². The van der Waals surface area contributed by atoms with Gasteiger partial charge in [-0.3, -0.25) is 4.79 Å². The molecular weight excluding hydrogens is 292 g/mol. The number of hydrogen-bond acceptors (Lipinski definition) is 5. The Balaban J connectivity index is 1.68. The number of aryl methyl sites for hydroxylation is 4. The third-order valence-electron chi connectivity index (χ3n) is 4.11. The zero-order valence-corrected chi connectivity index (χ0v) is 14.1. The molecule has 1 aliphatic rings. The van der Waals surface area contributed by atoms with Gasteiger partial charge in [-0.05, 0) is 33.8 Å². The van der Waals surface area contributed by atoms with Crippen molar-refractivity contribution in [1.82, 2.24) is 14.9 Å². The summed E-state index contributed by atoms with van der Waals surface area (Å²) in [6.07, 6.45) is 0.